The quantitative estimate of drug-likeness (QED) is 0.902. The van der Waals surface area contributed by atoms with Crippen molar-refractivity contribution in [3.05, 3.63) is 29.3 Å². The first-order valence-corrected chi connectivity index (χ1v) is 7.25. The zero-order valence-electron chi connectivity index (χ0n) is 12.6. The Morgan fingerprint density at radius 2 is 2.21 bits per heavy atom. The third-order valence-corrected chi connectivity index (χ3v) is 4.01. The minimum Gasteiger partial charge on any atom is -0.496 e. The van der Waals surface area contributed by atoms with E-state index in [1.165, 1.54) is 17.5 Å². The molecule has 2 unspecified atom stereocenters. The number of aryl methyl sites for hydroxylation is 1. The van der Waals surface area contributed by atoms with Crippen molar-refractivity contribution in [2.45, 2.75) is 45.8 Å². The standard InChI is InChI=1S/C16H26N2O/c1-5-15-9-17-13(3)10-18(15)11-14-8-12(2)6-7-16(14)19-4/h6-8,13,15,17H,5,9-11H2,1-4H3. The Kier molecular flexibility index (Phi) is 4.83. The molecule has 2 atom stereocenters. The number of nitrogens with one attached hydrogen (secondary N) is 1. The molecule has 19 heavy (non-hydrogen) atoms. The highest BCUT2D eigenvalue weighted by molar-refractivity contribution is 5.36. The van der Waals surface area contributed by atoms with Crippen LogP contribution in [0.3, 0.4) is 0 Å². The van der Waals surface area contributed by atoms with Gasteiger partial charge in [-0.25, -0.2) is 0 Å². The fourth-order valence-corrected chi connectivity index (χ4v) is 2.88. The van der Waals surface area contributed by atoms with Gasteiger partial charge in [0.1, 0.15) is 5.75 Å². The Morgan fingerprint density at radius 1 is 1.42 bits per heavy atom. The maximum Gasteiger partial charge on any atom is 0.123 e. The third kappa shape index (κ3) is 3.48. The Labute approximate surface area is 116 Å². The van der Waals surface area contributed by atoms with Crippen LogP contribution in [0.4, 0.5) is 0 Å². The summed E-state index contributed by atoms with van der Waals surface area (Å²) in [7, 11) is 1.76. The number of hydrogen-bond donors (Lipinski definition) is 1. The number of rotatable bonds is 4. The highest BCUT2D eigenvalue weighted by Gasteiger charge is 2.25. The molecule has 1 saturated heterocycles. The molecule has 1 aliphatic heterocycles. The van der Waals surface area contributed by atoms with Gasteiger partial charge in [-0.05, 0) is 26.3 Å². The fraction of sp³-hybridized carbons (Fsp3) is 0.625. The summed E-state index contributed by atoms with van der Waals surface area (Å²) in [5.74, 6) is 1.01. The van der Waals surface area contributed by atoms with Crippen molar-refractivity contribution < 1.29 is 4.74 Å². The van der Waals surface area contributed by atoms with E-state index in [4.69, 9.17) is 4.74 Å². The summed E-state index contributed by atoms with van der Waals surface area (Å²) in [6.07, 6.45) is 1.19. The van der Waals surface area contributed by atoms with Crippen molar-refractivity contribution in [2.75, 3.05) is 20.2 Å². The molecule has 0 amide bonds. The lowest BCUT2D eigenvalue weighted by Gasteiger charge is -2.39. The summed E-state index contributed by atoms with van der Waals surface area (Å²) in [4.78, 5) is 2.58. The number of nitrogens with zero attached hydrogens (tertiary/aromatic N) is 1. The summed E-state index contributed by atoms with van der Waals surface area (Å²) >= 11 is 0. The van der Waals surface area contributed by atoms with Crippen LogP contribution in [0.2, 0.25) is 0 Å². The van der Waals surface area contributed by atoms with Crippen molar-refractivity contribution in [1.29, 1.82) is 0 Å². The maximum absolute atomic E-state index is 5.50. The molecule has 1 N–H and O–H groups in total. The zero-order chi connectivity index (χ0) is 13.8. The van der Waals surface area contributed by atoms with Crippen LogP contribution in [0.5, 0.6) is 5.75 Å². The van der Waals surface area contributed by atoms with Gasteiger partial charge in [-0.2, -0.15) is 0 Å². The van der Waals surface area contributed by atoms with Crippen LogP contribution in [0.1, 0.15) is 31.4 Å². The molecule has 1 fully saturated rings. The fourth-order valence-electron chi connectivity index (χ4n) is 2.88. The first-order chi connectivity index (χ1) is 9.13. The summed E-state index contributed by atoms with van der Waals surface area (Å²) in [5, 5.41) is 3.57. The van der Waals surface area contributed by atoms with Crippen LogP contribution in [0.15, 0.2) is 18.2 Å². The summed E-state index contributed by atoms with van der Waals surface area (Å²) < 4.78 is 5.50. The van der Waals surface area contributed by atoms with E-state index in [1.807, 2.05) is 0 Å². The van der Waals surface area contributed by atoms with Crippen LogP contribution in [0.25, 0.3) is 0 Å². The summed E-state index contributed by atoms with van der Waals surface area (Å²) in [6, 6.07) is 7.63. The molecule has 106 valence electrons. The molecule has 1 aromatic carbocycles. The predicted octanol–water partition coefficient (Wildman–Crippen LogP) is 2.58. The van der Waals surface area contributed by atoms with Crippen molar-refractivity contribution >= 4 is 0 Å². The molecule has 3 heteroatoms. The SMILES string of the molecule is CCC1CNC(C)CN1Cc1cc(C)ccc1OC. The van der Waals surface area contributed by atoms with Crippen molar-refractivity contribution in [3.63, 3.8) is 0 Å². The van der Waals surface area contributed by atoms with Gasteiger partial charge >= 0.3 is 0 Å². The van der Waals surface area contributed by atoms with Gasteiger partial charge in [-0.3, -0.25) is 4.90 Å². The average molecular weight is 262 g/mol. The van der Waals surface area contributed by atoms with Crippen molar-refractivity contribution in [3.8, 4) is 5.75 Å². The molecule has 0 saturated carbocycles. The molecule has 1 heterocycles. The molecule has 1 aromatic rings. The van der Waals surface area contributed by atoms with E-state index in [9.17, 15) is 0 Å². The van der Waals surface area contributed by atoms with E-state index in [0.29, 0.717) is 12.1 Å². The molecule has 0 radical (unpaired) electrons. The molecule has 0 aliphatic carbocycles. The van der Waals surface area contributed by atoms with Gasteiger partial charge in [0.05, 0.1) is 7.11 Å². The van der Waals surface area contributed by atoms with Crippen LogP contribution in [0, 0.1) is 6.92 Å². The molecular weight excluding hydrogens is 236 g/mol. The van der Waals surface area contributed by atoms with Gasteiger partial charge < -0.3 is 10.1 Å². The van der Waals surface area contributed by atoms with E-state index in [0.717, 1.165) is 25.4 Å². The first-order valence-electron chi connectivity index (χ1n) is 7.25. The Balaban J connectivity index is 2.16. The Hall–Kier alpha value is -1.06. The van der Waals surface area contributed by atoms with E-state index in [2.05, 4.69) is 49.2 Å². The van der Waals surface area contributed by atoms with Gasteiger partial charge in [0.2, 0.25) is 0 Å². The second kappa shape index (κ2) is 6.40. The van der Waals surface area contributed by atoms with Crippen LogP contribution in [-0.2, 0) is 6.54 Å². The van der Waals surface area contributed by atoms with E-state index in [-0.39, 0.29) is 0 Å². The number of piperazine rings is 1. The minimum absolute atomic E-state index is 0.568. The molecule has 0 aromatic heterocycles. The van der Waals surface area contributed by atoms with Crippen molar-refractivity contribution in [2.24, 2.45) is 0 Å². The molecule has 3 nitrogen and oxygen atoms in total. The topological polar surface area (TPSA) is 24.5 Å². The van der Waals surface area contributed by atoms with Gasteiger partial charge in [0.15, 0.2) is 0 Å². The number of benzene rings is 1. The average Bonchev–Trinajstić information content (AvgIpc) is 2.39. The Bertz CT molecular complexity index is 419. The largest absolute Gasteiger partial charge is 0.496 e. The zero-order valence-corrected chi connectivity index (χ0v) is 12.6. The lowest BCUT2D eigenvalue weighted by molar-refractivity contribution is 0.123. The van der Waals surface area contributed by atoms with Gasteiger partial charge in [0.25, 0.3) is 0 Å². The lowest BCUT2D eigenvalue weighted by atomic mass is 10.0. The van der Waals surface area contributed by atoms with Crippen LogP contribution >= 0.6 is 0 Å². The normalized spacial score (nSPS) is 24.4. The van der Waals surface area contributed by atoms with E-state index >= 15 is 0 Å². The predicted molar refractivity (Wildman–Crippen MR) is 79.7 cm³/mol. The highest BCUT2D eigenvalue weighted by atomic mass is 16.5. The second-order valence-electron chi connectivity index (χ2n) is 5.62. The van der Waals surface area contributed by atoms with Gasteiger partial charge in [-0.15, -0.1) is 0 Å². The van der Waals surface area contributed by atoms with Crippen LogP contribution in [-0.4, -0.2) is 37.2 Å². The molecule has 0 bridgehead atoms. The molecule has 1 aliphatic rings. The van der Waals surface area contributed by atoms with Gasteiger partial charge in [-0.1, -0.05) is 24.6 Å². The van der Waals surface area contributed by atoms with Crippen LogP contribution < -0.4 is 10.1 Å². The highest BCUT2D eigenvalue weighted by Crippen LogP contribution is 2.23. The Morgan fingerprint density at radius 3 is 2.89 bits per heavy atom. The van der Waals surface area contributed by atoms with Gasteiger partial charge in [0, 0.05) is 37.3 Å². The third-order valence-electron chi connectivity index (χ3n) is 4.01. The first kappa shape index (κ1) is 14.4. The number of hydrogen-bond acceptors (Lipinski definition) is 3. The minimum atomic E-state index is 0.568. The maximum atomic E-state index is 5.50. The number of methoxy groups -OCH3 is 1. The van der Waals surface area contributed by atoms with E-state index in [1.54, 1.807) is 7.11 Å². The monoisotopic (exact) mass is 262 g/mol. The smallest absolute Gasteiger partial charge is 0.123 e. The molecular formula is C16H26N2O. The number of ether oxygens (including phenoxy) is 1. The molecule has 0 spiro atoms. The lowest BCUT2D eigenvalue weighted by Crippen LogP contribution is -2.54. The molecule has 2 rings (SSSR count). The van der Waals surface area contributed by atoms with Crippen molar-refractivity contribution in [1.82, 2.24) is 10.2 Å². The van der Waals surface area contributed by atoms with E-state index < -0.39 is 0 Å². The second-order valence-corrected chi connectivity index (χ2v) is 5.62. The summed E-state index contributed by atoms with van der Waals surface area (Å²) in [5.41, 5.74) is 2.60. The summed E-state index contributed by atoms with van der Waals surface area (Å²) in [6.45, 7) is 9.84.